The van der Waals surface area contributed by atoms with Crippen molar-refractivity contribution in [3.63, 3.8) is 0 Å². The summed E-state index contributed by atoms with van der Waals surface area (Å²) in [5.74, 6) is 0.962. The molecule has 2 aliphatic rings. The Balaban J connectivity index is 1.85. The first kappa shape index (κ1) is 12.0. The number of hydrogen-bond acceptors (Lipinski definition) is 3. The van der Waals surface area contributed by atoms with Crippen LogP contribution in [0.2, 0.25) is 0 Å². The molecule has 2 rings (SSSR count). The number of amides is 1. The van der Waals surface area contributed by atoms with Gasteiger partial charge in [-0.1, -0.05) is 12.8 Å². The maximum absolute atomic E-state index is 12.2. The van der Waals surface area contributed by atoms with Gasteiger partial charge in [0.25, 0.3) is 0 Å². The van der Waals surface area contributed by atoms with E-state index in [0.717, 1.165) is 38.6 Å². The summed E-state index contributed by atoms with van der Waals surface area (Å²) >= 11 is 0. The van der Waals surface area contributed by atoms with Gasteiger partial charge in [-0.15, -0.1) is 0 Å². The molecule has 1 N–H and O–H groups in total. The Bertz CT molecular complexity index is 300. The van der Waals surface area contributed by atoms with Crippen molar-refractivity contribution in [1.29, 1.82) is 0 Å². The SMILES string of the molecule is CS(=O)CCCN1CNC2(CCCC2)C1=O. The molecule has 1 amide bonds. The largest absolute Gasteiger partial charge is 0.328 e. The first-order valence-corrected chi connectivity index (χ1v) is 7.71. The van der Waals surface area contributed by atoms with Crippen molar-refractivity contribution >= 4 is 16.7 Å². The van der Waals surface area contributed by atoms with Gasteiger partial charge in [0.05, 0.1) is 12.2 Å². The van der Waals surface area contributed by atoms with Crippen LogP contribution in [-0.4, -0.2) is 45.8 Å². The highest BCUT2D eigenvalue weighted by atomic mass is 32.2. The molecule has 0 bridgehead atoms. The number of nitrogens with one attached hydrogen (secondary N) is 1. The predicted octanol–water partition coefficient (Wildman–Crippen LogP) is 0.457. The summed E-state index contributed by atoms with van der Waals surface area (Å²) in [5.41, 5.74) is -0.231. The molecule has 2 fully saturated rings. The molecule has 1 unspecified atom stereocenters. The minimum Gasteiger partial charge on any atom is -0.328 e. The lowest BCUT2D eigenvalue weighted by Crippen LogP contribution is -2.44. The average Bonchev–Trinajstić information content (AvgIpc) is 2.81. The lowest BCUT2D eigenvalue weighted by Gasteiger charge is -2.21. The van der Waals surface area contributed by atoms with Gasteiger partial charge in [-0.3, -0.25) is 14.3 Å². The predicted molar refractivity (Wildman–Crippen MR) is 64.5 cm³/mol. The lowest BCUT2D eigenvalue weighted by atomic mass is 9.98. The van der Waals surface area contributed by atoms with E-state index >= 15 is 0 Å². The molecule has 92 valence electrons. The van der Waals surface area contributed by atoms with Gasteiger partial charge < -0.3 is 4.90 Å². The zero-order valence-corrected chi connectivity index (χ0v) is 10.6. The van der Waals surface area contributed by atoms with Gasteiger partial charge >= 0.3 is 0 Å². The average molecular weight is 244 g/mol. The molecule has 1 spiro atoms. The first-order chi connectivity index (χ1) is 7.64. The quantitative estimate of drug-likeness (QED) is 0.781. The van der Waals surface area contributed by atoms with Crippen LogP contribution >= 0.6 is 0 Å². The van der Waals surface area contributed by atoms with Gasteiger partial charge in [0.1, 0.15) is 0 Å². The van der Waals surface area contributed by atoms with Crippen LogP contribution in [0.5, 0.6) is 0 Å². The zero-order chi connectivity index (χ0) is 11.6. The Kier molecular flexibility index (Phi) is 3.64. The molecular formula is C11H20N2O2S. The molecule has 0 aromatic rings. The van der Waals surface area contributed by atoms with E-state index < -0.39 is 10.8 Å². The Morgan fingerprint density at radius 3 is 2.75 bits per heavy atom. The molecule has 0 radical (unpaired) electrons. The van der Waals surface area contributed by atoms with Crippen molar-refractivity contribution < 1.29 is 9.00 Å². The second-order valence-corrected chi connectivity index (χ2v) is 6.38. The van der Waals surface area contributed by atoms with Gasteiger partial charge in [0.15, 0.2) is 0 Å². The third-order valence-corrected chi connectivity index (χ3v) is 4.49. The van der Waals surface area contributed by atoms with Crippen molar-refractivity contribution in [3.05, 3.63) is 0 Å². The molecule has 1 aliphatic heterocycles. The smallest absolute Gasteiger partial charge is 0.243 e. The van der Waals surface area contributed by atoms with E-state index in [-0.39, 0.29) is 11.4 Å². The molecular weight excluding hydrogens is 224 g/mol. The number of carbonyl (C=O) groups excluding carboxylic acids is 1. The van der Waals surface area contributed by atoms with E-state index in [1.165, 1.54) is 0 Å². The summed E-state index contributed by atoms with van der Waals surface area (Å²) in [4.78, 5) is 14.1. The number of carbonyl (C=O) groups is 1. The van der Waals surface area contributed by atoms with Crippen LogP contribution in [-0.2, 0) is 15.6 Å². The number of rotatable bonds is 4. The van der Waals surface area contributed by atoms with Crippen molar-refractivity contribution in [1.82, 2.24) is 10.2 Å². The summed E-state index contributed by atoms with van der Waals surface area (Å²) in [6.07, 6.45) is 6.84. The summed E-state index contributed by atoms with van der Waals surface area (Å²) in [6.45, 7) is 1.42. The lowest BCUT2D eigenvalue weighted by molar-refractivity contribution is -0.132. The highest BCUT2D eigenvalue weighted by molar-refractivity contribution is 7.84. The third-order valence-electron chi connectivity index (χ3n) is 3.62. The highest BCUT2D eigenvalue weighted by Crippen LogP contribution is 2.34. The number of nitrogens with zero attached hydrogens (tertiary/aromatic N) is 1. The fraction of sp³-hybridized carbons (Fsp3) is 0.909. The molecule has 1 aliphatic carbocycles. The van der Waals surface area contributed by atoms with Crippen molar-refractivity contribution in [3.8, 4) is 0 Å². The number of hydrogen-bond donors (Lipinski definition) is 1. The maximum Gasteiger partial charge on any atom is 0.243 e. The second kappa shape index (κ2) is 4.84. The molecule has 0 aromatic heterocycles. The van der Waals surface area contributed by atoms with Crippen LogP contribution in [0.25, 0.3) is 0 Å². The second-order valence-electron chi connectivity index (χ2n) is 4.82. The Morgan fingerprint density at radius 1 is 1.44 bits per heavy atom. The van der Waals surface area contributed by atoms with Gasteiger partial charge in [-0.2, -0.15) is 0 Å². The molecule has 5 heteroatoms. The summed E-state index contributed by atoms with van der Waals surface area (Å²) in [5, 5.41) is 3.37. The van der Waals surface area contributed by atoms with E-state index in [2.05, 4.69) is 5.32 Å². The molecule has 16 heavy (non-hydrogen) atoms. The third kappa shape index (κ3) is 2.30. The van der Waals surface area contributed by atoms with Crippen LogP contribution in [0, 0.1) is 0 Å². The van der Waals surface area contributed by atoms with E-state index in [0.29, 0.717) is 12.4 Å². The molecule has 1 saturated heterocycles. The minimum absolute atomic E-state index is 0.231. The van der Waals surface area contributed by atoms with Crippen molar-refractivity contribution in [2.24, 2.45) is 0 Å². The first-order valence-electron chi connectivity index (χ1n) is 5.98. The molecule has 4 nitrogen and oxygen atoms in total. The Labute approximate surface area is 99.2 Å². The van der Waals surface area contributed by atoms with Crippen LogP contribution in [0.15, 0.2) is 0 Å². The highest BCUT2D eigenvalue weighted by Gasteiger charge is 2.47. The Morgan fingerprint density at radius 2 is 2.12 bits per heavy atom. The van der Waals surface area contributed by atoms with Crippen LogP contribution in [0.4, 0.5) is 0 Å². The van der Waals surface area contributed by atoms with Gasteiger partial charge in [-0.05, 0) is 19.3 Å². The maximum atomic E-state index is 12.2. The van der Waals surface area contributed by atoms with Crippen LogP contribution < -0.4 is 5.32 Å². The Hall–Kier alpha value is -0.420. The van der Waals surface area contributed by atoms with Gasteiger partial charge in [-0.25, -0.2) is 0 Å². The molecule has 1 saturated carbocycles. The zero-order valence-electron chi connectivity index (χ0n) is 9.83. The van der Waals surface area contributed by atoms with Crippen LogP contribution in [0.3, 0.4) is 0 Å². The van der Waals surface area contributed by atoms with E-state index in [1.807, 2.05) is 4.90 Å². The summed E-state index contributed by atoms with van der Waals surface area (Å²) in [6, 6.07) is 0. The topological polar surface area (TPSA) is 49.4 Å². The molecule has 1 heterocycles. The van der Waals surface area contributed by atoms with E-state index in [4.69, 9.17) is 0 Å². The van der Waals surface area contributed by atoms with Crippen molar-refractivity contribution in [2.75, 3.05) is 25.2 Å². The molecule has 1 atom stereocenters. The molecule has 0 aromatic carbocycles. The fourth-order valence-electron chi connectivity index (χ4n) is 2.71. The van der Waals surface area contributed by atoms with Gasteiger partial charge in [0, 0.05) is 29.4 Å². The van der Waals surface area contributed by atoms with Gasteiger partial charge in [0.2, 0.25) is 5.91 Å². The standard InChI is InChI=1S/C11H20N2O2S/c1-16(15)8-4-7-13-9-12-11(10(13)14)5-2-3-6-11/h12H,2-9H2,1H3. The monoisotopic (exact) mass is 244 g/mol. The van der Waals surface area contributed by atoms with E-state index in [9.17, 15) is 9.00 Å². The minimum atomic E-state index is -0.746. The normalized spacial score (nSPS) is 25.6. The summed E-state index contributed by atoms with van der Waals surface area (Å²) < 4.78 is 10.9. The van der Waals surface area contributed by atoms with E-state index in [1.54, 1.807) is 6.26 Å². The van der Waals surface area contributed by atoms with Crippen LogP contribution in [0.1, 0.15) is 32.1 Å². The fourth-order valence-corrected chi connectivity index (χ4v) is 3.24. The van der Waals surface area contributed by atoms with Crippen molar-refractivity contribution in [2.45, 2.75) is 37.6 Å². The summed E-state index contributed by atoms with van der Waals surface area (Å²) in [7, 11) is -0.746.